The number of nitrogens with zero attached hydrogens (tertiary/aromatic N) is 4. The predicted molar refractivity (Wildman–Crippen MR) is 191 cm³/mol. The molecule has 6 aromatic carbocycles. The molecular formula is C42H24N4O2. The van der Waals surface area contributed by atoms with Crippen molar-refractivity contribution < 1.29 is 8.83 Å². The topological polar surface area (TPSA) is 77.8 Å². The van der Waals surface area contributed by atoms with Crippen molar-refractivity contribution in [1.29, 1.82) is 0 Å². The Morgan fingerprint density at radius 1 is 0.375 bits per heavy atom. The van der Waals surface area contributed by atoms with E-state index < -0.39 is 0 Å². The van der Waals surface area contributed by atoms with Crippen LogP contribution in [0.5, 0.6) is 0 Å². The van der Waals surface area contributed by atoms with E-state index in [4.69, 9.17) is 23.8 Å². The minimum Gasteiger partial charge on any atom is -0.456 e. The second-order valence-corrected chi connectivity index (χ2v) is 11.9. The first-order valence-electron chi connectivity index (χ1n) is 15.8. The van der Waals surface area contributed by atoms with Gasteiger partial charge in [0.05, 0.1) is 6.20 Å². The molecule has 6 nitrogen and oxygen atoms in total. The summed E-state index contributed by atoms with van der Waals surface area (Å²) in [4.78, 5) is 19.6. The van der Waals surface area contributed by atoms with Crippen LogP contribution in [0.4, 0.5) is 0 Å². The van der Waals surface area contributed by atoms with Crippen molar-refractivity contribution >= 4 is 54.6 Å². The summed E-state index contributed by atoms with van der Waals surface area (Å²) < 4.78 is 12.6. The van der Waals surface area contributed by atoms with Crippen molar-refractivity contribution in [1.82, 2.24) is 19.9 Å². The van der Waals surface area contributed by atoms with Gasteiger partial charge in [-0.05, 0) is 52.2 Å². The smallest absolute Gasteiger partial charge is 0.166 e. The predicted octanol–water partition coefficient (Wildman–Crippen LogP) is 10.9. The van der Waals surface area contributed by atoms with E-state index in [-0.39, 0.29) is 0 Å². The number of rotatable bonds is 4. The van der Waals surface area contributed by atoms with Gasteiger partial charge in [0.15, 0.2) is 23.1 Å². The number of para-hydroxylation sites is 1. The molecule has 0 spiro atoms. The highest BCUT2D eigenvalue weighted by Gasteiger charge is 2.20. The highest BCUT2D eigenvalue weighted by Crippen LogP contribution is 2.41. The lowest BCUT2D eigenvalue weighted by Gasteiger charge is -2.09. The molecule has 0 N–H and O–H groups in total. The number of aromatic nitrogens is 4. The lowest BCUT2D eigenvalue weighted by Crippen LogP contribution is -2.00. The fraction of sp³-hybridized carbons (Fsp3) is 0. The molecule has 0 aliphatic rings. The van der Waals surface area contributed by atoms with Gasteiger partial charge < -0.3 is 8.83 Å². The Hall–Kier alpha value is -6.66. The SMILES string of the molecule is c1ccc(-c2nc(-c3ccc4ccccc4c3)nc(-c3cncc4oc5cc(-c6cccc7oc8ccccc8c67)ccc5c34)n2)cc1. The van der Waals surface area contributed by atoms with Crippen molar-refractivity contribution in [2.45, 2.75) is 0 Å². The second-order valence-electron chi connectivity index (χ2n) is 11.9. The Morgan fingerprint density at radius 3 is 1.98 bits per heavy atom. The number of hydrogen-bond donors (Lipinski definition) is 0. The summed E-state index contributed by atoms with van der Waals surface area (Å²) in [5.41, 5.74) is 7.88. The molecule has 0 aliphatic carbocycles. The van der Waals surface area contributed by atoms with Gasteiger partial charge in [-0.15, -0.1) is 0 Å². The molecule has 0 aliphatic heterocycles. The molecule has 48 heavy (non-hydrogen) atoms. The Kier molecular flexibility index (Phi) is 5.77. The van der Waals surface area contributed by atoms with Crippen molar-refractivity contribution in [3.63, 3.8) is 0 Å². The van der Waals surface area contributed by atoms with Gasteiger partial charge in [-0.25, -0.2) is 15.0 Å². The molecule has 4 heterocycles. The van der Waals surface area contributed by atoms with Crippen LogP contribution in [0, 0.1) is 0 Å². The Balaban J connectivity index is 1.17. The molecule has 6 heteroatoms. The summed E-state index contributed by atoms with van der Waals surface area (Å²) in [6.07, 6.45) is 3.57. The number of fused-ring (bicyclic) bond motifs is 7. The summed E-state index contributed by atoms with van der Waals surface area (Å²) in [7, 11) is 0. The third kappa shape index (κ3) is 4.20. The number of benzene rings is 6. The molecule has 0 bridgehead atoms. The number of furan rings is 2. The third-order valence-corrected chi connectivity index (χ3v) is 9.01. The van der Waals surface area contributed by atoms with Crippen LogP contribution in [0.2, 0.25) is 0 Å². The first kappa shape index (κ1) is 26.5. The minimum absolute atomic E-state index is 0.534. The van der Waals surface area contributed by atoms with E-state index in [1.165, 1.54) is 0 Å². The summed E-state index contributed by atoms with van der Waals surface area (Å²) in [5, 5.41) is 6.33. The average Bonchev–Trinajstić information content (AvgIpc) is 3.73. The van der Waals surface area contributed by atoms with Crippen LogP contribution in [0.15, 0.2) is 155 Å². The standard InChI is InChI=1S/C42H24N4O2/c1-2-10-26(11-3-1)40-44-41(29-18-17-25-9-4-5-12-27(25)21-29)46-42(45-40)33-23-43-24-37-39(33)32-20-19-28(22-36(32)48-37)30-14-8-16-35-38(30)31-13-6-7-15-34(31)47-35/h1-24H. The maximum absolute atomic E-state index is 6.48. The largest absolute Gasteiger partial charge is 0.456 e. The first-order valence-corrected chi connectivity index (χ1v) is 15.8. The lowest BCUT2D eigenvalue weighted by molar-refractivity contribution is 0.667. The van der Waals surface area contributed by atoms with Gasteiger partial charge in [0.25, 0.3) is 0 Å². The molecule has 0 unspecified atom stereocenters. The van der Waals surface area contributed by atoms with E-state index in [2.05, 4.69) is 65.6 Å². The van der Waals surface area contributed by atoms with Crippen molar-refractivity contribution in [2.24, 2.45) is 0 Å². The molecule has 10 aromatic rings. The molecule has 4 aromatic heterocycles. The fourth-order valence-electron chi connectivity index (χ4n) is 6.75. The van der Waals surface area contributed by atoms with Crippen LogP contribution >= 0.6 is 0 Å². The second kappa shape index (κ2) is 10.4. The maximum atomic E-state index is 6.48. The third-order valence-electron chi connectivity index (χ3n) is 9.01. The Bertz CT molecular complexity index is 2850. The highest BCUT2D eigenvalue weighted by atomic mass is 16.3. The summed E-state index contributed by atoms with van der Waals surface area (Å²) in [6, 6.07) is 45.3. The van der Waals surface area contributed by atoms with Crippen LogP contribution in [0.25, 0.3) is 99.9 Å². The van der Waals surface area contributed by atoms with E-state index in [0.29, 0.717) is 23.1 Å². The number of pyridine rings is 1. The molecule has 224 valence electrons. The Labute approximate surface area is 274 Å². The van der Waals surface area contributed by atoms with E-state index in [1.807, 2.05) is 79.0 Å². The maximum Gasteiger partial charge on any atom is 0.166 e. The molecule has 0 amide bonds. The van der Waals surface area contributed by atoms with Gasteiger partial charge >= 0.3 is 0 Å². The van der Waals surface area contributed by atoms with Gasteiger partial charge in [0.2, 0.25) is 0 Å². The van der Waals surface area contributed by atoms with Gasteiger partial charge in [-0.3, -0.25) is 4.98 Å². The quantitative estimate of drug-likeness (QED) is 0.196. The molecule has 10 rings (SSSR count). The van der Waals surface area contributed by atoms with E-state index in [1.54, 1.807) is 6.20 Å². The molecule has 0 fully saturated rings. The lowest BCUT2D eigenvalue weighted by atomic mass is 9.98. The highest BCUT2D eigenvalue weighted by molar-refractivity contribution is 6.15. The van der Waals surface area contributed by atoms with E-state index in [0.717, 1.165) is 76.9 Å². The van der Waals surface area contributed by atoms with Crippen molar-refractivity contribution in [3.8, 4) is 45.3 Å². The van der Waals surface area contributed by atoms with Crippen LogP contribution in [-0.4, -0.2) is 19.9 Å². The monoisotopic (exact) mass is 616 g/mol. The summed E-state index contributed by atoms with van der Waals surface area (Å²) >= 11 is 0. The minimum atomic E-state index is 0.534. The average molecular weight is 617 g/mol. The zero-order valence-corrected chi connectivity index (χ0v) is 25.5. The van der Waals surface area contributed by atoms with Crippen LogP contribution < -0.4 is 0 Å². The van der Waals surface area contributed by atoms with Gasteiger partial charge in [-0.2, -0.15) is 0 Å². The molecule has 0 saturated heterocycles. The summed E-state index contributed by atoms with van der Waals surface area (Å²) in [6.45, 7) is 0. The van der Waals surface area contributed by atoms with Gasteiger partial charge in [0.1, 0.15) is 16.7 Å². The fourth-order valence-corrected chi connectivity index (χ4v) is 6.75. The summed E-state index contributed by atoms with van der Waals surface area (Å²) in [5.74, 6) is 1.72. The van der Waals surface area contributed by atoms with Crippen molar-refractivity contribution in [3.05, 3.63) is 146 Å². The van der Waals surface area contributed by atoms with E-state index in [9.17, 15) is 0 Å². The molecule has 0 saturated carbocycles. The van der Waals surface area contributed by atoms with E-state index >= 15 is 0 Å². The van der Waals surface area contributed by atoms with Crippen LogP contribution in [0.3, 0.4) is 0 Å². The van der Waals surface area contributed by atoms with Gasteiger partial charge in [-0.1, -0.05) is 103 Å². The molecule has 0 radical (unpaired) electrons. The normalized spacial score (nSPS) is 11.8. The van der Waals surface area contributed by atoms with Crippen LogP contribution in [-0.2, 0) is 0 Å². The molecule has 0 atom stereocenters. The Morgan fingerprint density at radius 2 is 1.06 bits per heavy atom. The zero-order chi connectivity index (χ0) is 31.6. The van der Waals surface area contributed by atoms with Crippen LogP contribution in [0.1, 0.15) is 0 Å². The number of hydrogen-bond acceptors (Lipinski definition) is 6. The van der Waals surface area contributed by atoms with Gasteiger partial charge in [0, 0.05) is 44.4 Å². The zero-order valence-electron chi connectivity index (χ0n) is 25.5. The first-order chi connectivity index (χ1) is 23.8. The molecular weight excluding hydrogens is 592 g/mol. The van der Waals surface area contributed by atoms with Crippen molar-refractivity contribution in [2.75, 3.05) is 0 Å².